The molecule has 1 fully saturated rings. The average molecular weight is 342 g/mol. The number of carbonyl (C=O) groups excluding carboxylic acids is 1. The average Bonchev–Trinajstić information content (AvgIpc) is 2.93. The van der Waals surface area contributed by atoms with Gasteiger partial charge in [0.2, 0.25) is 0 Å². The molecule has 0 spiro atoms. The van der Waals surface area contributed by atoms with Crippen molar-refractivity contribution in [1.29, 1.82) is 0 Å². The fraction of sp³-hybridized carbons (Fsp3) is 0.474. The van der Waals surface area contributed by atoms with Crippen molar-refractivity contribution in [3.8, 4) is 5.69 Å². The number of hydrogen-bond donors (Lipinski definition) is 2. The van der Waals surface area contributed by atoms with Gasteiger partial charge in [0.1, 0.15) is 0 Å². The lowest BCUT2D eigenvalue weighted by Crippen LogP contribution is -2.47. The Labute approximate surface area is 148 Å². The van der Waals surface area contributed by atoms with Crippen LogP contribution in [0.1, 0.15) is 30.2 Å². The van der Waals surface area contributed by atoms with Gasteiger partial charge in [-0.15, -0.1) is 0 Å². The maximum atomic E-state index is 12.5. The van der Waals surface area contributed by atoms with E-state index in [1.54, 1.807) is 11.1 Å². The monoisotopic (exact) mass is 342 g/mol. The minimum atomic E-state index is -0.460. The van der Waals surface area contributed by atoms with E-state index >= 15 is 0 Å². The number of rotatable bonds is 2. The summed E-state index contributed by atoms with van der Waals surface area (Å²) in [5.41, 5.74) is 4.88. The number of carbonyl (C=O) groups is 1. The Balaban J connectivity index is 1.78. The van der Waals surface area contributed by atoms with Crippen LogP contribution in [0.5, 0.6) is 0 Å². The third-order valence-electron chi connectivity index (χ3n) is 5.05. The van der Waals surface area contributed by atoms with Gasteiger partial charge in [0.05, 0.1) is 29.4 Å². The minimum Gasteiger partial charge on any atom is -0.391 e. The van der Waals surface area contributed by atoms with Crippen molar-refractivity contribution < 1.29 is 9.90 Å². The number of aliphatic hydroxyl groups is 1. The first-order valence-corrected chi connectivity index (χ1v) is 8.73. The Bertz CT molecular complexity index is 784. The molecule has 3 rings (SSSR count). The molecule has 0 aliphatic carbocycles. The molecule has 1 saturated heterocycles. The maximum Gasteiger partial charge on any atom is 0.322 e. The van der Waals surface area contributed by atoms with Crippen LogP contribution in [0.2, 0.25) is 0 Å². The number of anilines is 1. The summed E-state index contributed by atoms with van der Waals surface area (Å²) in [6, 6.07) is 6.04. The van der Waals surface area contributed by atoms with E-state index in [1.807, 2.05) is 32.4 Å². The van der Waals surface area contributed by atoms with Crippen LogP contribution in [0, 0.1) is 26.7 Å². The van der Waals surface area contributed by atoms with Crippen LogP contribution < -0.4 is 5.32 Å². The van der Waals surface area contributed by atoms with Gasteiger partial charge in [-0.2, -0.15) is 5.10 Å². The van der Waals surface area contributed by atoms with E-state index in [-0.39, 0.29) is 11.9 Å². The predicted octanol–water partition coefficient (Wildman–Crippen LogP) is 3.03. The summed E-state index contributed by atoms with van der Waals surface area (Å²) < 4.78 is 1.85. The number of β-amino-alcohol motifs (C(OH)–C–C–N with tert-alkyl or cyclic N) is 1. The number of nitrogens with zero attached hydrogens (tertiary/aromatic N) is 3. The lowest BCUT2D eigenvalue weighted by Gasteiger charge is -2.34. The Kier molecular flexibility index (Phi) is 4.81. The van der Waals surface area contributed by atoms with Crippen molar-refractivity contribution in [2.75, 3.05) is 18.4 Å². The van der Waals surface area contributed by atoms with E-state index in [0.717, 1.165) is 28.9 Å². The molecule has 1 aromatic carbocycles. The van der Waals surface area contributed by atoms with Crippen molar-refractivity contribution in [3.05, 3.63) is 41.2 Å². The van der Waals surface area contributed by atoms with Crippen LogP contribution in [-0.4, -0.2) is 45.0 Å². The summed E-state index contributed by atoms with van der Waals surface area (Å²) in [5, 5.41) is 17.4. The van der Waals surface area contributed by atoms with Crippen LogP contribution >= 0.6 is 0 Å². The highest BCUT2D eigenvalue weighted by Gasteiger charge is 2.27. The molecule has 2 unspecified atom stereocenters. The Morgan fingerprint density at radius 2 is 2.08 bits per heavy atom. The molecular weight excluding hydrogens is 316 g/mol. The normalized spacial score (nSPS) is 20.6. The van der Waals surface area contributed by atoms with E-state index in [2.05, 4.69) is 28.6 Å². The second-order valence-electron chi connectivity index (χ2n) is 7.05. The van der Waals surface area contributed by atoms with Gasteiger partial charge in [-0.3, -0.25) is 0 Å². The number of amides is 2. The van der Waals surface area contributed by atoms with Crippen molar-refractivity contribution >= 4 is 11.7 Å². The molecule has 134 valence electrons. The van der Waals surface area contributed by atoms with Crippen LogP contribution in [-0.2, 0) is 0 Å². The lowest BCUT2D eigenvalue weighted by atomic mass is 9.96. The Hall–Kier alpha value is -2.34. The maximum absolute atomic E-state index is 12.5. The number of aliphatic hydroxyl groups excluding tert-OH is 1. The van der Waals surface area contributed by atoms with Crippen molar-refractivity contribution in [2.24, 2.45) is 5.92 Å². The summed E-state index contributed by atoms with van der Waals surface area (Å²) in [6.45, 7) is 9.08. The summed E-state index contributed by atoms with van der Waals surface area (Å²) in [7, 11) is 0. The minimum absolute atomic E-state index is 0.186. The third-order valence-corrected chi connectivity index (χ3v) is 5.05. The zero-order valence-electron chi connectivity index (χ0n) is 15.3. The van der Waals surface area contributed by atoms with E-state index in [1.165, 1.54) is 0 Å². The zero-order chi connectivity index (χ0) is 18.1. The first-order chi connectivity index (χ1) is 11.9. The molecule has 2 amide bonds. The van der Waals surface area contributed by atoms with Gasteiger partial charge in [0.25, 0.3) is 0 Å². The van der Waals surface area contributed by atoms with Crippen LogP contribution in [0.25, 0.3) is 5.69 Å². The molecule has 0 radical (unpaired) electrons. The number of piperidine rings is 1. The number of aromatic nitrogens is 2. The highest BCUT2D eigenvalue weighted by atomic mass is 16.3. The molecule has 2 atom stereocenters. The fourth-order valence-corrected chi connectivity index (χ4v) is 3.15. The Morgan fingerprint density at radius 3 is 2.80 bits per heavy atom. The molecule has 1 aromatic heterocycles. The number of nitrogens with one attached hydrogen (secondary N) is 1. The Morgan fingerprint density at radius 1 is 1.32 bits per heavy atom. The van der Waals surface area contributed by atoms with Crippen LogP contribution in [0.15, 0.2) is 24.4 Å². The van der Waals surface area contributed by atoms with Gasteiger partial charge in [-0.1, -0.05) is 19.1 Å². The van der Waals surface area contributed by atoms with E-state index in [4.69, 9.17) is 0 Å². The zero-order valence-corrected chi connectivity index (χ0v) is 15.3. The number of urea groups is 1. The molecule has 2 heterocycles. The fourth-order valence-electron chi connectivity index (χ4n) is 3.15. The second kappa shape index (κ2) is 6.88. The second-order valence-corrected chi connectivity index (χ2v) is 7.05. The molecule has 2 aromatic rings. The largest absolute Gasteiger partial charge is 0.391 e. The molecule has 0 bridgehead atoms. The van der Waals surface area contributed by atoms with Crippen molar-refractivity contribution in [1.82, 2.24) is 14.7 Å². The number of likely N-dealkylation sites (tertiary alicyclic amines) is 1. The summed E-state index contributed by atoms with van der Waals surface area (Å²) in [5.74, 6) is 0.234. The SMILES string of the molecule is Cc1ccc(C)c(-n2ncc(NC(=O)N3CCC(C)C(O)C3)c2C)c1. The first-order valence-electron chi connectivity index (χ1n) is 8.73. The highest BCUT2D eigenvalue weighted by Crippen LogP contribution is 2.23. The number of hydrogen-bond acceptors (Lipinski definition) is 3. The van der Waals surface area contributed by atoms with Gasteiger partial charge in [0, 0.05) is 13.1 Å². The van der Waals surface area contributed by atoms with Gasteiger partial charge in [0.15, 0.2) is 0 Å². The molecule has 6 heteroatoms. The molecule has 1 aliphatic rings. The predicted molar refractivity (Wildman–Crippen MR) is 98.2 cm³/mol. The first kappa shape index (κ1) is 17.5. The molecule has 2 N–H and O–H groups in total. The van der Waals surface area contributed by atoms with Crippen molar-refractivity contribution in [3.63, 3.8) is 0 Å². The van der Waals surface area contributed by atoms with E-state index in [0.29, 0.717) is 18.8 Å². The molecular formula is C19H26N4O2. The molecule has 1 aliphatic heterocycles. The molecule has 25 heavy (non-hydrogen) atoms. The quantitative estimate of drug-likeness (QED) is 0.881. The van der Waals surface area contributed by atoms with Gasteiger partial charge in [-0.25, -0.2) is 9.48 Å². The highest BCUT2D eigenvalue weighted by molar-refractivity contribution is 5.90. The van der Waals surface area contributed by atoms with Crippen LogP contribution in [0.4, 0.5) is 10.5 Å². The summed E-state index contributed by atoms with van der Waals surface area (Å²) >= 11 is 0. The van der Waals surface area contributed by atoms with E-state index in [9.17, 15) is 9.90 Å². The number of aryl methyl sites for hydroxylation is 2. The van der Waals surface area contributed by atoms with E-state index < -0.39 is 6.10 Å². The smallest absolute Gasteiger partial charge is 0.322 e. The van der Waals surface area contributed by atoms with Gasteiger partial charge in [-0.05, 0) is 50.3 Å². The van der Waals surface area contributed by atoms with Crippen molar-refractivity contribution in [2.45, 2.75) is 40.2 Å². The van der Waals surface area contributed by atoms with Gasteiger partial charge < -0.3 is 15.3 Å². The molecule has 6 nitrogen and oxygen atoms in total. The standard InChI is InChI=1S/C19H26N4O2/c1-12-5-6-13(2)17(9-12)23-15(4)16(10-20-23)21-19(25)22-8-7-14(3)18(24)11-22/h5-6,9-10,14,18,24H,7-8,11H2,1-4H3,(H,21,25). The topological polar surface area (TPSA) is 70.4 Å². The third kappa shape index (κ3) is 3.54. The van der Waals surface area contributed by atoms with Gasteiger partial charge >= 0.3 is 6.03 Å². The summed E-state index contributed by atoms with van der Waals surface area (Å²) in [6.07, 6.45) is 2.03. The number of benzene rings is 1. The molecule has 0 saturated carbocycles. The van der Waals surface area contributed by atoms with Crippen LogP contribution in [0.3, 0.4) is 0 Å². The summed E-state index contributed by atoms with van der Waals surface area (Å²) in [4.78, 5) is 14.2. The lowest BCUT2D eigenvalue weighted by molar-refractivity contribution is 0.0464.